The van der Waals surface area contributed by atoms with Gasteiger partial charge in [-0.2, -0.15) is 0 Å². The van der Waals surface area contributed by atoms with E-state index in [0.717, 1.165) is 5.33 Å². The van der Waals surface area contributed by atoms with Crippen molar-refractivity contribution in [1.29, 1.82) is 0 Å². The van der Waals surface area contributed by atoms with Crippen molar-refractivity contribution in [2.24, 2.45) is 0 Å². The van der Waals surface area contributed by atoms with Crippen LogP contribution in [0, 0.1) is 0 Å². The van der Waals surface area contributed by atoms with E-state index in [-0.39, 0.29) is 24.0 Å². The van der Waals surface area contributed by atoms with Crippen molar-refractivity contribution in [2.75, 3.05) is 32.0 Å². The first-order valence-corrected chi connectivity index (χ1v) is 9.20. The molecule has 19 heavy (non-hydrogen) atoms. The lowest BCUT2D eigenvalue weighted by Crippen LogP contribution is -3.00. The van der Waals surface area contributed by atoms with Crippen LogP contribution < -0.4 is 24.0 Å². The highest BCUT2D eigenvalue weighted by molar-refractivity contribution is 9.09. The molecule has 0 saturated carbocycles. The summed E-state index contributed by atoms with van der Waals surface area (Å²) in [7, 11) is 2.45. The Morgan fingerprint density at radius 1 is 0.684 bits per heavy atom. The normalized spacial score (nSPS) is 13.9. The second-order valence-electron chi connectivity index (χ2n) is 5.95. The molecule has 0 aromatic rings. The molecule has 1 unspecified atom stereocenters. The summed E-state index contributed by atoms with van der Waals surface area (Å²) < 4.78 is 1.28. The topological polar surface area (TPSA) is 0 Å². The fourth-order valence-corrected chi connectivity index (χ4v) is 3.41. The number of unbranched alkanes of at least 4 members (excludes halogenated alkanes) is 7. The van der Waals surface area contributed by atoms with Gasteiger partial charge in [-0.15, -0.1) is 0 Å². The van der Waals surface area contributed by atoms with E-state index in [9.17, 15) is 0 Å². The third-order valence-electron chi connectivity index (χ3n) is 3.98. The summed E-state index contributed by atoms with van der Waals surface area (Å²) in [5, 5.41) is 1.15. The third kappa shape index (κ3) is 13.9. The Hall–Kier alpha value is 1.17. The minimum Gasteiger partial charge on any atom is -1.00 e. The van der Waals surface area contributed by atoms with E-state index in [1.165, 1.54) is 81.9 Å². The number of alkyl halides is 1. The number of quaternary nitrogens is 1. The molecular weight excluding hydrogens is 413 g/mol. The highest BCUT2D eigenvalue weighted by Crippen LogP contribution is 2.12. The summed E-state index contributed by atoms with van der Waals surface area (Å²) in [4.78, 5) is 0. The number of rotatable bonds is 13. The summed E-state index contributed by atoms with van der Waals surface area (Å²) in [5.74, 6) is 0. The Morgan fingerprint density at radius 2 is 1.11 bits per heavy atom. The Morgan fingerprint density at radius 3 is 1.53 bits per heavy atom. The number of halogens is 2. The Bertz CT molecular complexity index is 178. The van der Waals surface area contributed by atoms with Gasteiger partial charge in [0.2, 0.25) is 0 Å². The molecule has 0 aromatic carbocycles. The minimum atomic E-state index is 0. The maximum atomic E-state index is 3.63. The Kier molecular flexibility index (Phi) is 18.4. The van der Waals surface area contributed by atoms with Crippen molar-refractivity contribution in [1.82, 2.24) is 0 Å². The highest BCUT2D eigenvalue weighted by atomic mass is 127. The molecule has 0 radical (unpaired) electrons. The molecule has 0 spiro atoms. The maximum absolute atomic E-state index is 3.63. The average Bonchev–Trinajstić information content (AvgIpc) is 2.35. The van der Waals surface area contributed by atoms with Crippen LogP contribution >= 0.6 is 15.9 Å². The molecule has 0 aliphatic heterocycles. The molecule has 0 fully saturated rings. The van der Waals surface area contributed by atoms with Gasteiger partial charge < -0.3 is 28.5 Å². The molecular formula is C16H35BrIN. The molecule has 0 aliphatic carbocycles. The zero-order valence-electron chi connectivity index (χ0n) is 13.4. The van der Waals surface area contributed by atoms with Crippen molar-refractivity contribution < 1.29 is 28.5 Å². The molecule has 0 bridgehead atoms. The predicted molar refractivity (Wildman–Crippen MR) is 87.5 cm³/mol. The van der Waals surface area contributed by atoms with Gasteiger partial charge in [0.25, 0.3) is 0 Å². The monoisotopic (exact) mass is 447 g/mol. The van der Waals surface area contributed by atoms with Gasteiger partial charge in [-0.25, -0.2) is 0 Å². The largest absolute Gasteiger partial charge is 1.00 e. The van der Waals surface area contributed by atoms with E-state index in [2.05, 4.69) is 36.8 Å². The van der Waals surface area contributed by atoms with Crippen molar-refractivity contribution in [3.63, 3.8) is 0 Å². The van der Waals surface area contributed by atoms with Gasteiger partial charge in [-0.1, -0.05) is 61.9 Å². The van der Waals surface area contributed by atoms with Crippen LogP contribution in [0.15, 0.2) is 0 Å². The minimum absolute atomic E-state index is 0. The molecule has 0 aromatic heterocycles. The fraction of sp³-hybridized carbons (Fsp3) is 1.00. The predicted octanol–water partition coefficient (Wildman–Crippen LogP) is 2.38. The fourth-order valence-electron chi connectivity index (χ4n) is 2.56. The SMILES string of the molecule is CCCCCCC[N+](C)(CCBr)CCCCCC.[I-]. The van der Waals surface area contributed by atoms with E-state index in [0.29, 0.717) is 0 Å². The molecule has 0 amide bonds. The first kappa shape index (κ1) is 22.5. The summed E-state index contributed by atoms with van der Waals surface area (Å²) >= 11 is 3.63. The molecule has 0 heterocycles. The van der Waals surface area contributed by atoms with Crippen molar-refractivity contribution in [3.05, 3.63) is 0 Å². The molecule has 0 aliphatic rings. The van der Waals surface area contributed by atoms with Gasteiger partial charge in [0.15, 0.2) is 0 Å². The van der Waals surface area contributed by atoms with E-state index in [1.807, 2.05) is 0 Å². The molecule has 1 atom stereocenters. The maximum Gasteiger partial charge on any atom is 0.0883 e. The molecule has 3 heteroatoms. The van der Waals surface area contributed by atoms with Gasteiger partial charge in [-0.3, -0.25) is 0 Å². The van der Waals surface area contributed by atoms with Crippen molar-refractivity contribution in [3.8, 4) is 0 Å². The van der Waals surface area contributed by atoms with Crippen LogP contribution in [0.2, 0.25) is 0 Å². The summed E-state index contributed by atoms with van der Waals surface area (Å²) in [6.07, 6.45) is 12.6. The van der Waals surface area contributed by atoms with Crippen LogP contribution in [0.1, 0.15) is 71.6 Å². The van der Waals surface area contributed by atoms with Crippen LogP contribution in [0.25, 0.3) is 0 Å². The van der Waals surface area contributed by atoms with Crippen LogP contribution in [0.5, 0.6) is 0 Å². The van der Waals surface area contributed by atoms with E-state index in [4.69, 9.17) is 0 Å². The molecule has 0 saturated heterocycles. The average molecular weight is 448 g/mol. The standard InChI is InChI=1S/C16H35BrN.HI/c1-4-6-8-10-12-15-18(3,16-13-17)14-11-9-7-5-2;/h4-16H2,1-3H3;1H/q+1;/p-1. The van der Waals surface area contributed by atoms with Gasteiger partial charge in [0.1, 0.15) is 0 Å². The van der Waals surface area contributed by atoms with E-state index in [1.54, 1.807) is 0 Å². The molecule has 1 nitrogen and oxygen atoms in total. The Labute approximate surface area is 147 Å². The second-order valence-corrected chi connectivity index (χ2v) is 6.75. The zero-order chi connectivity index (χ0) is 13.7. The number of nitrogens with zero attached hydrogens (tertiary/aromatic N) is 1. The van der Waals surface area contributed by atoms with Crippen LogP contribution in [0.4, 0.5) is 0 Å². The van der Waals surface area contributed by atoms with E-state index >= 15 is 0 Å². The van der Waals surface area contributed by atoms with Crippen molar-refractivity contribution in [2.45, 2.75) is 71.6 Å². The van der Waals surface area contributed by atoms with Gasteiger partial charge in [-0.05, 0) is 25.7 Å². The van der Waals surface area contributed by atoms with Gasteiger partial charge >= 0.3 is 0 Å². The molecule has 0 rings (SSSR count). The molecule has 118 valence electrons. The van der Waals surface area contributed by atoms with Crippen molar-refractivity contribution >= 4 is 15.9 Å². The number of hydrogen-bond donors (Lipinski definition) is 0. The quantitative estimate of drug-likeness (QED) is 0.176. The molecule has 0 N–H and O–H groups in total. The highest BCUT2D eigenvalue weighted by Gasteiger charge is 2.19. The smallest absolute Gasteiger partial charge is 0.0883 e. The third-order valence-corrected chi connectivity index (χ3v) is 4.33. The van der Waals surface area contributed by atoms with Gasteiger partial charge in [0.05, 0.1) is 32.0 Å². The zero-order valence-corrected chi connectivity index (χ0v) is 17.1. The van der Waals surface area contributed by atoms with E-state index < -0.39 is 0 Å². The number of hydrogen-bond acceptors (Lipinski definition) is 0. The van der Waals surface area contributed by atoms with Crippen LogP contribution in [0.3, 0.4) is 0 Å². The lowest BCUT2D eigenvalue weighted by atomic mass is 10.1. The Balaban J connectivity index is 0. The summed E-state index contributed by atoms with van der Waals surface area (Å²) in [6, 6.07) is 0. The first-order valence-electron chi connectivity index (χ1n) is 8.08. The summed E-state index contributed by atoms with van der Waals surface area (Å²) in [6.45, 7) is 8.62. The first-order chi connectivity index (χ1) is 8.68. The summed E-state index contributed by atoms with van der Waals surface area (Å²) in [5.41, 5.74) is 0. The second kappa shape index (κ2) is 15.6. The van der Waals surface area contributed by atoms with Gasteiger partial charge in [0, 0.05) is 0 Å². The lowest BCUT2D eigenvalue weighted by Gasteiger charge is -2.34. The van der Waals surface area contributed by atoms with Crippen LogP contribution in [-0.4, -0.2) is 36.5 Å². The lowest BCUT2D eigenvalue weighted by molar-refractivity contribution is -0.907. The van der Waals surface area contributed by atoms with Crippen LogP contribution in [-0.2, 0) is 0 Å².